The minimum Gasteiger partial charge on any atom is -0.258 e. The molecule has 0 spiro atoms. The van der Waals surface area contributed by atoms with Crippen LogP contribution in [0.5, 0.6) is 0 Å². The Hall–Kier alpha value is -3.12. The van der Waals surface area contributed by atoms with Gasteiger partial charge in [0.05, 0.1) is 30.4 Å². The number of nitro benzene ring substituents is 2. The molecule has 0 aliphatic carbocycles. The highest BCUT2D eigenvalue weighted by Crippen LogP contribution is 2.44. The zero-order chi connectivity index (χ0) is 16.0. The summed E-state index contributed by atoms with van der Waals surface area (Å²) in [6.45, 7) is 0. The number of nitro groups is 2. The van der Waals surface area contributed by atoms with E-state index in [0.717, 1.165) is 6.07 Å². The topological polar surface area (TPSA) is 127 Å². The van der Waals surface area contributed by atoms with Gasteiger partial charge in [-0.3, -0.25) is 20.2 Å². The third-order valence-electron chi connectivity index (χ3n) is 3.28. The quantitative estimate of drug-likeness (QED) is 0.528. The minimum atomic E-state index is -1.75. The summed E-state index contributed by atoms with van der Waals surface area (Å²) in [6.07, 6.45) is 0. The largest absolute Gasteiger partial charge is 0.288 e. The number of nitriles is 1. The van der Waals surface area contributed by atoms with Crippen molar-refractivity contribution < 1.29 is 14.1 Å². The molecule has 0 N–H and O–H groups in total. The molecule has 3 rings (SSSR count). The fourth-order valence-electron chi connectivity index (χ4n) is 2.29. The van der Waals surface area contributed by atoms with Crippen LogP contribution in [0.4, 0.5) is 11.4 Å². The van der Waals surface area contributed by atoms with Gasteiger partial charge in [0.2, 0.25) is 0 Å². The molecule has 0 fully saturated rings. The van der Waals surface area contributed by atoms with Crippen molar-refractivity contribution in [2.24, 2.45) is 0 Å². The fraction of sp³-hybridized carbons (Fsp3) is 0. The maximum Gasteiger partial charge on any atom is 0.288 e. The van der Waals surface area contributed by atoms with Crippen molar-refractivity contribution in [3.63, 3.8) is 0 Å². The second kappa shape index (κ2) is 4.71. The number of benzene rings is 2. The van der Waals surface area contributed by atoms with Crippen molar-refractivity contribution in [2.75, 3.05) is 0 Å². The molecule has 0 aromatic heterocycles. The molecule has 8 nitrogen and oxygen atoms in total. The highest BCUT2D eigenvalue weighted by molar-refractivity contribution is 7.85. The van der Waals surface area contributed by atoms with Crippen LogP contribution in [0.1, 0.15) is 5.56 Å². The maximum atomic E-state index is 12.4. The number of fused-ring (bicyclic) bond motifs is 3. The van der Waals surface area contributed by atoms with Crippen molar-refractivity contribution in [1.29, 1.82) is 5.26 Å². The number of hydrogen-bond donors (Lipinski definition) is 0. The second-order valence-corrected chi connectivity index (χ2v) is 5.86. The van der Waals surface area contributed by atoms with Crippen LogP contribution in [0.2, 0.25) is 0 Å². The van der Waals surface area contributed by atoms with Gasteiger partial charge in [-0.2, -0.15) is 5.26 Å². The lowest BCUT2D eigenvalue weighted by Gasteiger charge is -2.01. The summed E-state index contributed by atoms with van der Waals surface area (Å²) in [5.74, 6) is 0. The van der Waals surface area contributed by atoms with Crippen LogP contribution in [-0.4, -0.2) is 14.1 Å². The van der Waals surface area contributed by atoms with Gasteiger partial charge in [-0.15, -0.1) is 0 Å². The normalized spacial score (nSPS) is 14.8. The lowest BCUT2D eigenvalue weighted by atomic mass is 10.0. The molecule has 22 heavy (non-hydrogen) atoms. The second-order valence-electron chi connectivity index (χ2n) is 4.44. The first-order chi connectivity index (χ1) is 10.4. The number of rotatable bonds is 2. The first-order valence-corrected chi connectivity index (χ1v) is 7.02. The van der Waals surface area contributed by atoms with E-state index < -0.39 is 26.3 Å². The van der Waals surface area contributed by atoms with E-state index in [0.29, 0.717) is 11.1 Å². The lowest BCUT2D eigenvalue weighted by Crippen LogP contribution is -1.95. The first-order valence-electron chi connectivity index (χ1n) is 5.87. The van der Waals surface area contributed by atoms with Gasteiger partial charge in [-0.25, -0.2) is 4.21 Å². The molecule has 2 aromatic carbocycles. The highest BCUT2D eigenvalue weighted by Gasteiger charge is 2.31. The zero-order valence-electron chi connectivity index (χ0n) is 10.7. The average Bonchev–Trinajstić information content (AvgIpc) is 2.78. The van der Waals surface area contributed by atoms with Crippen LogP contribution >= 0.6 is 0 Å². The van der Waals surface area contributed by atoms with Crippen LogP contribution < -0.4 is 0 Å². The summed E-state index contributed by atoms with van der Waals surface area (Å²) < 4.78 is 12.4. The molecule has 0 bridgehead atoms. The summed E-state index contributed by atoms with van der Waals surface area (Å²) in [5, 5.41) is 30.8. The Bertz CT molecular complexity index is 932. The first kappa shape index (κ1) is 13.8. The SMILES string of the molecule is N#Cc1cc2c(cc1[N+](=O)[O-])S(=O)c1cc([N+](=O)[O-])ccc1-2. The fourth-order valence-corrected chi connectivity index (χ4v) is 3.72. The molecule has 1 unspecified atom stereocenters. The Balaban J connectivity index is 2.29. The standard InChI is InChI=1S/C13H5N3O5S/c14-6-7-3-10-9-2-1-8(15(17)18)4-12(9)22(21)13(10)5-11(7)16(19)20/h1-5H. The number of nitrogens with zero attached hydrogens (tertiary/aromatic N) is 3. The third kappa shape index (κ3) is 1.86. The van der Waals surface area contributed by atoms with Gasteiger partial charge >= 0.3 is 0 Å². The van der Waals surface area contributed by atoms with Crippen LogP contribution in [-0.2, 0) is 10.8 Å². The summed E-state index contributed by atoms with van der Waals surface area (Å²) in [4.78, 5) is 20.8. The Morgan fingerprint density at radius 3 is 2.27 bits per heavy atom. The van der Waals surface area contributed by atoms with Gasteiger partial charge in [0.1, 0.15) is 11.6 Å². The van der Waals surface area contributed by atoms with Crippen molar-refractivity contribution in [3.8, 4) is 17.2 Å². The average molecular weight is 315 g/mol. The van der Waals surface area contributed by atoms with Crippen LogP contribution in [0, 0.1) is 31.6 Å². The Labute approximate surface area is 125 Å². The van der Waals surface area contributed by atoms with Gasteiger partial charge in [0.15, 0.2) is 0 Å². The van der Waals surface area contributed by atoms with E-state index in [1.165, 1.54) is 24.3 Å². The molecule has 0 saturated heterocycles. The molecule has 1 heterocycles. The van der Waals surface area contributed by atoms with Crippen molar-refractivity contribution in [3.05, 3.63) is 56.1 Å². The zero-order valence-corrected chi connectivity index (χ0v) is 11.5. The molecule has 1 aliphatic rings. The van der Waals surface area contributed by atoms with Gasteiger partial charge in [0, 0.05) is 23.8 Å². The molecular formula is C13H5N3O5S. The molecule has 0 radical (unpaired) electrons. The van der Waals surface area contributed by atoms with E-state index >= 15 is 0 Å². The predicted octanol–water partition coefficient (Wildman–Crippen LogP) is 2.52. The van der Waals surface area contributed by atoms with Crippen LogP contribution in [0.3, 0.4) is 0 Å². The van der Waals surface area contributed by atoms with Gasteiger partial charge < -0.3 is 0 Å². The van der Waals surface area contributed by atoms with E-state index in [4.69, 9.17) is 5.26 Å². The Kier molecular flexibility index (Phi) is 2.97. The summed E-state index contributed by atoms with van der Waals surface area (Å²) >= 11 is 0. The maximum absolute atomic E-state index is 12.4. The molecule has 2 aromatic rings. The molecular weight excluding hydrogens is 310 g/mol. The summed E-state index contributed by atoms with van der Waals surface area (Å²) in [6, 6.07) is 8.00. The smallest absolute Gasteiger partial charge is 0.258 e. The lowest BCUT2D eigenvalue weighted by molar-refractivity contribution is -0.385. The number of hydrogen-bond acceptors (Lipinski definition) is 6. The monoisotopic (exact) mass is 315 g/mol. The summed E-state index contributed by atoms with van der Waals surface area (Å²) in [7, 11) is -1.75. The van der Waals surface area contributed by atoms with Crippen molar-refractivity contribution in [1.82, 2.24) is 0 Å². The highest BCUT2D eigenvalue weighted by atomic mass is 32.2. The van der Waals surface area contributed by atoms with Gasteiger partial charge in [-0.05, 0) is 17.7 Å². The van der Waals surface area contributed by atoms with Gasteiger partial charge in [-0.1, -0.05) is 0 Å². The Morgan fingerprint density at radius 1 is 1.00 bits per heavy atom. The van der Waals surface area contributed by atoms with E-state index in [1.54, 1.807) is 6.07 Å². The Morgan fingerprint density at radius 2 is 1.68 bits per heavy atom. The predicted molar refractivity (Wildman–Crippen MR) is 74.6 cm³/mol. The van der Waals surface area contributed by atoms with E-state index in [-0.39, 0.29) is 21.0 Å². The van der Waals surface area contributed by atoms with Gasteiger partial charge in [0.25, 0.3) is 11.4 Å². The van der Waals surface area contributed by atoms with E-state index in [9.17, 15) is 24.4 Å². The molecule has 0 saturated carbocycles. The molecule has 1 atom stereocenters. The van der Waals surface area contributed by atoms with Crippen molar-refractivity contribution in [2.45, 2.75) is 9.79 Å². The van der Waals surface area contributed by atoms with Crippen LogP contribution in [0.15, 0.2) is 40.1 Å². The molecule has 108 valence electrons. The minimum absolute atomic E-state index is 0.146. The third-order valence-corrected chi connectivity index (χ3v) is 4.76. The van der Waals surface area contributed by atoms with Crippen LogP contribution in [0.25, 0.3) is 11.1 Å². The number of non-ortho nitro benzene ring substituents is 1. The van der Waals surface area contributed by atoms with E-state index in [2.05, 4.69) is 0 Å². The van der Waals surface area contributed by atoms with E-state index in [1.807, 2.05) is 0 Å². The molecule has 0 amide bonds. The molecule has 1 aliphatic heterocycles. The molecule has 9 heteroatoms. The van der Waals surface area contributed by atoms with Crippen molar-refractivity contribution >= 4 is 22.2 Å². The summed E-state index contributed by atoms with van der Waals surface area (Å²) in [5.41, 5.74) is 0.106.